The molecule has 1 amide bonds. The summed E-state index contributed by atoms with van der Waals surface area (Å²) >= 11 is 0. The molecule has 0 radical (unpaired) electrons. The lowest BCUT2D eigenvalue weighted by Crippen LogP contribution is -2.24. The molecule has 4 rings (SSSR count). The van der Waals surface area contributed by atoms with Gasteiger partial charge in [0.1, 0.15) is 5.69 Å². The molecule has 1 fully saturated rings. The zero-order valence-corrected chi connectivity index (χ0v) is 17.1. The maximum Gasteiger partial charge on any atom is 0.268 e. The van der Waals surface area contributed by atoms with Crippen LogP contribution in [0.15, 0.2) is 47.4 Å². The highest BCUT2D eigenvalue weighted by molar-refractivity contribution is 6.03. The number of benzene rings is 1. The first-order valence-electron chi connectivity index (χ1n) is 9.81. The van der Waals surface area contributed by atoms with Gasteiger partial charge in [-0.2, -0.15) is 0 Å². The number of nitrogens with zero attached hydrogens (tertiary/aromatic N) is 1. The molecule has 152 valence electrons. The van der Waals surface area contributed by atoms with Crippen molar-refractivity contribution in [2.45, 2.75) is 45.6 Å². The highest BCUT2D eigenvalue weighted by Gasteiger charge is 2.22. The summed E-state index contributed by atoms with van der Waals surface area (Å²) in [5.41, 5.74) is 9.14. The molecule has 6 heteroatoms. The van der Waals surface area contributed by atoms with E-state index in [0.29, 0.717) is 12.1 Å². The number of fused-ring (bicyclic) bond motifs is 1. The highest BCUT2D eigenvalue weighted by atomic mass is 16.5. The number of H-pyrrole nitrogens is 1. The van der Waals surface area contributed by atoms with Crippen molar-refractivity contribution in [2.24, 2.45) is 5.73 Å². The Hall–Kier alpha value is -2.99. The standard InChI is InChI=1S/C15H17N3O3.C8H10/c1-8-2-3-9(7-21-8)11-6-12(19)13-10(18-11)4-5-17-14(13)15(16)20;1-7-4-3-5-8(2)6-7/h4-6,8-9H,2-3,7H2,1H3,(H2,16,20)(H,18,19);3-6H,1-2H3. The Morgan fingerprint density at radius 1 is 1.17 bits per heavy atom. The van der Waals surface area contributed by atoms with Gasteiger partial charge in [-0.15, -0.1) is 0 Å². The normalized spacial score (nSPS) is 18.7. The number of carbonyl (C=O) groups is 1. The number of pyridine rings is 2. The van der Waals surface area contributed by atoms with Crippen LogP contribution in [0.5, 0.6) is 0 Å². The SMILES string of the molecule is CC1CCC(c2cc(=O)c3c(C(N)=O)nccc3[nH]2)CO1.Cc1cccc(C)c1. The molecule has 0 spiro atoms. The molecule has 2 unspecified atom stereocenters. The lowest BCUT2D eigenvalue weighted by molar-refractivity contribution is 0.0147. The number of nitrogens with one attached hydrogen (secondary N) is 1. The summed E-state index contributed by atoms with van der Waals surface area (Å²) in [6, 6.07) is 11.7. The summed E-state index contributed by atoms with van der Waals surface area (Å²) in [6.07, 6.45) is 3.67. The largest absolute Gasteiger partial charge is 0.378 e. The van der Waals surface area contributed by atoms with Gasteiger partial charge in [0.15, 0.2) is 5.43 Å². The van der Waals surface area contributed by atoms with Crippen molar-refractivity contribution >= 4 is 16.8 Å². The van der Waals surface area contributed by atoms with Gasteiger partial charge in [-0.3, -0.25) is 14.6 Å². The van der Waals surface area contributed by atoms with Crippen LogP contribution in [-0.2, 0) is 4.74 Å². The van der Waals surface area contributed by atoms with Crippen LogP contribution < -0.4 is 11.2 Å². The number of carbonyl (C=O) groups excluding carboxylic acids is 1. The fourth-order valence-corrected chi connectivity index (χ4v) is 3.56. The molecule has 0 aliphatic carbocycles. The second-order valence-corrected chi connectivity index (χ2v) is 7.61. The Morgan fingerprint density at radius 2 is 1.90 bits per heavy atom. The summed E-state index contributed by atoms with van der Waals surface area (Å²) < 4.78 is 5.65. The number of amides is 1. The van der Waals surface area contributed by atoms with Crippen molar-refractivity contribution in [3.8, 4) is 0 Å². The Bertz CT molecular complexity index is 1050. The van der Waals surface area contributed by atoms with Gasteiger partial charge in [-0.1, -0.05) is 35.4 Å². The van der Waals surface area contributed by atoms with E-state index in [1.807, 2.05) is 6.92 Å². The van der Waals surface area contributed by atoms with Gasteiger partial charge in [-0.25, -0.2) is 0 Å². The summed E-state index contributed by atoms with van der Waals surface area (Å²) in [5, 5.41) is 0.249. The number of aromatic amines is 1. The number of hydrogen-bond acceptors (Lipinski definition) is 4. The molecule has 1 aliphatic rings. The van der Waals surface area contributed by atoms with Gasteiger partial charge >= 0.3 is 0 Å². The molecule has 1 aliphatic heterocycles. The number of aromatic nitrogens is 2. The topological polar surface area (TPSA) is 98.1 Å². The predicted octanol–water partition coefficient (Wildman–Crippen LogP) is 3.61. The number of hydrogen-bond donors (Lipinski definition) is 2. The predicted molar refractivity (Wildman–Crippen MR) is 114 cm³/mol. The number of aryl methyl sites for hydroxylation is 2. The molecule has 6 nitrogen and oxygen atoms in total. The van der Waals surface area contributed by atoms with E-state index < -0.39 is 5.91 Å². The van der Waals surface area contributed by atoms with E-state index in [4.69, 9.17) is 10.5 Å². The van der Waals surface area contributed by atoms with E-state index in [0.717, 1.165) is 18.5 Å². The van der Waals surface area contributed by atoms with Crippen molar-refractivity contribution in [3.63, 3.8) is 0 Å². The van der Waals surface area contributed by atoms with Crippen molar-refractivity contribution in [2.75, 3.05) is 6.61 Å². The van der Waals surface area contributed by atoms with E-state index >= 15 is 0 Å². The Balaban J connectivity index is 0.000000252. The van der Waals surface area contributed by atoms with Gasteiger partial charge < -0.3 is 15.5 Å². The highest BCUT2D eigenvalue weighted by Crippen LogP contribution is 2.27. The van der Waals surface area contributed by atoms with Crippen LogP contribution in [-0.4, -0.2) is 28.6 Å². The number of nitrogens with two attached hydrogens (primary N) is 1. The third-order valence-corrected chi connectivity index (χ3v) is 5.11. The zero-order valence-electron chi connectivity index (χ0n) is 17.1. The smallest absolute Gasteiger partial charge is 0.268 e. The second kappa shape index (κ2) is 9.01. The fourth-order valence-electron chi connectivity index (χ4n) is 3.56. The average molecular weight is 393 g/mol. The summed E-state index contributed by atoms with van der Waals surface area (Å²) in [7, 11) is 0. The van der Waals surface area contributed by atoms with E-state index in [-0.39, 0.29) is 28.5 Å². The fraction of sp³-hybridized carbons (Fsp3) is 0.348. The minimum Gasteiger partial charge on any atom is -0.378 e. The van der Waals surface area contributed by atoms with Gasteiger partial charge in [0.05, 0.1) is 23.6 Å². The average Bonchev–Trinajstić information content (AvgIpc) is 2.68. The zero-order chi connectivity index (χ0) is 21.0. The third-order valence-electron chi connectivity index (χ3n) is 5.11. The molecule has 2 atom stereocenters. The van der Waals surface area contributed by atoms with Crippen molar-refractivity contribution in [3.05, 3.63) is 75.3 Å². The summed E-state index contributed by atoms with van der Waals surface area (Å²) in [5.74, 6) is -0.530. The first-order valence-corrected chi connectivity index (χ1v) is 9.81. The number of primary amides is 1. The van der Waals surface area contributed by atoms with Gasteiger partial charge in [-0.05, 0) is 39.7 Å². The van der Waals surface area contributed by atoms with E-state index in [2.05, 4.69) is 48.1 Å². The third kappa shape index (κ3) is 5.09. The quantitative estimate of drug-likeness (QED) is 0.695. The molecule has 0 bridgehead atoms. The van der Waals surface area contributed by atoms with Crippen LogP contribution in [0.2, 0.25) is 0 Å². The Kier molecular flexibility index (Phi) is 6.44. The molecule has 3 aromatic rings. The molecule has 2 aromatic heterocycles. The first-order chi connectivity index (χ1) is 13.8. The minimum atomic E-state index is -0.700. The van der Waals surface area contributed by atoms with Crippen molar-refractivity contribution in [1.82, 2.24) is 9.97 Å². The van der Waals surface area contributed by atoms with Crippen LogP contribution in [0.3, 0.4) is 0 Å². The van der Waals surface area contributed by atoms with E-state index in [1.54, 1.807) is 6.07 Å². The van der Waals surface area contributed by atoms with Crippen LogP contribution in [0.1, 0.15) is 53.0 Å². The molecule has 0 saturated carbocycles. The summed E-state index contributed by atoms with van der Waals surface area (Å²) in [6.45, 7) is 6.85. The molecule has 1 saturated heterocycles. The minimum absolute atomic E-state index is 0.00816. The molecule has 29 heavy (non-hydrogen) atoms. The molecule has 1 aromatic carbocycles. The Labute approximate surface area is 170 Å². The molecular weight excluding hydrogens is 366 g/mol. The van der Waals surface area contributed by atoms with Crippen LogP contribution in [0.4, 0.5) is 0 Å². The van der Waals surface area contributed by atoms with Crippen molar-refractivity contribution in [1.29, 1.82) is 0 Å². The molecular formula is C23H27N3O3. The van der Waals surface area contributed by atoms with Crippen LogP contribution in [0, 0.1) is 13.8 Å². The van der Waals surface area contributed by atoms with Gasteiger partial charge in [0.2, 0.25) is 0 Å². The van der Waals surface area contributed by atoms with E-state index in [9.17, 15) is 9.59 Å². The Morgan fingerprint density at radius 3 is 2.45 bits per heavy atom. The molecule has 3 N–H and O–H groups in total. The van der Waals surface area contributed by atoms with Crippen molar-refractivity contribution < 1.29 is 9.53 Å². The molecule has 3 heterocycles. The lowest BCUT2D eigenvalue weighted by atomic mass is 9.95. The van der Waals surface area contributed by atoms with Gasteiger partial charge in [0.25, 0.3) is 5.91 Å². The monoisotopic (exact) mass is 393 g/mol. The first kappa shape index (κ1) is 20.7. The van der Waals surface area contributed by atoms with Gasteiger partial charge in [0, 0.05) is 23.9 Å². The lowest BCUT2D eigenvalue weighted by Gasteiger charge is -2.27. The number of rotatable bonds is 2. The van der Waals surface area contributed by atoms with E-state index in [1.165, 1.54) is 23.4 Å². The number of ether oxygens (including phenoxy) is 1. The maximum atomic E-state index is 12.3. The summed E-state index contributed by atoms with van der Waals surface area (Å²) in [4.78, 5) is 30.8. The second-order valence-electron chi connectivity index (χ2n) is 7.61. The van der Waals surface area contributed by atoms with Crippen LogP contribution >= 0.6 is 0 Å². The maximum absolute atomic E-state index is 12.3. The van der Waals surface area contributed by atoms with Crippen LogP contribution in [0.25, 0.3) is 10.9 Å².